The maximum atomic E-state index is 12.8. The number of furan rings is 1. The first-order valence-corrected chi connectivity index (χ1v) is 10.8. The van der Waals surface area contributed by atoms with E-state index in [1.54, 1.807) is 25.3 Å². The van der Waals surface area contributed by atoms with Gasteiger partial charge in [0.2, 0.25) is 11.8 Å². The van der Waals surface area contributed by atoms with E-state index in [0.29, 0.717) is 27.7 Å². The first-order valence-electron chi connectivity index (χ1n) is 9.58. The number of methoxy groups -OCH3 is 1. The van der Waals surface area contributed by atoms with Crippen molar-refractivity contribution in [1.29, 1.82) is 0 Å². The number of amides is 2. The van der Waals surface area contributed by atoms with Crippen LogP contribution < -0.4 is 15.4 Å². The van der Waals surface area contributed by atoms with Gasteiger partial charge in [0.1, 0.15) is 16.9 Å². The lowest BCUT2D eigenvalue weighted by Gasteiger charge is -2.24. The van der Waals surface area contributed by atoms with Gasteiger partial charge in [0, 0.05) is 33.2 Å². The van der Waals surface area contributed by atoms with E-state index in [2.05, 4.69) is 10.6 Å². The van der Waals surface area contributed by atoms with Crippen molar-refractivity contribution in [2.75, 3.05) is 17.7 Å². The highest BCUT2D eigenvalue weighted by atomic mass is 35.5. The molecule has 3 aromatic carbocycles. The van der Waals surface area contributed by atoms with Gasteiger partial charge in [-0.1, -0.05) is 29.8 Å². The normalized spacial score (nSPS) is 15.5. The summed E-state index contributed by atoms with van der Waals surface area (Å²) in [5.41, 5.74) is 2.56. The molecule has 1 atom stereocenters. The number of ether oxygens (including phenoxy) is 1. The third-order valence-electron chi connectivity index (χ3n) is 5.10. The number of thioether (sulfide) groups is 1. The van der Waals surface area contributed by atoms with Gasteiger partial charge in [-0.25, -0.2) is 0 Å². The van der Waals surface area contributed by atoms with Gasteiger partial charge >= 0.3 is 0 Å². The monoisotopic (exact) mass is 452 g/mol. The zero-order valence-electron chi connectivity index (χ0n) is 16.4. The molecule has 1 aliphatic heterocycles. The molecular formula is C23H17ClN2O4S. The minimum Gasteiger partial charge on any atom is -0.495 e. The van der Waals surface area contributed by atoms with E-state index in [4.69, 9.17) is 20.8 Å². The Labute approximate surface area is 186 Å². The largest absolute Gasteiger partial charge is 0.495 e. The summed E-state index contributed by atoms with van der Waals surface area (Å²) in [4.78, 5) is 26.1. The van der Waals surface area contributed by atoms with E-state index in [9.17, 15) is 9.59 Å². The predicted molar refractivity (Wildman–Crippen MR) is 123 cm³/mol. The van der Waals surface area contributed by atoms with E-state index >= 15 is 0 Å². The van der Waals surface area contributed by atoms with Crippen LogP contribution in [0, 0.1) is 0 Å². The van der Waals surface area contributed by atoms with E-state index < -0.39 is 5.25 Å². The zero-order valence-corrected chi connectivity index (χ0v) is 18.0. The summed E-state index contributed by atoms with van der Waals surface area (Å²) in [6.45, 7) is 0. The first kappa shape index (κ1) is 19.8. The molecule has 0 bridgehead atoms. The standard InChI is InChI=1S/C23H17ClN2O4S/c1-29-19-9-14-13-4-2-3-5-17(13)30-18(14)10-15(19)25-22(27)11-21-23(28)26-16-8-12(24)6-7-20(16)31-21/h2-10,21H,11H2,1H3,(H,25,27)(H,26,28). The molecule has 2 N–H and O–H groups in total. The minimum atomic E-state index is -0.547. The Balaban J connectivity index is 1.38. The van der Waals surface area contributed by atoms with Crippen molar-refractivity contribution >= 4 is 68.5 Å². The van der Waals surface area contributed by atoms with Gasteiger partial charge < -0.3 is 19.8 Å². The molecule has 156 valence electrons. The Bertz CT molecular complexity index is 1350. The minimum absolute atomic E-state index is 0.0138. The van der Waals surface area contributed by atoms with Crippen molar-refractivity contribution in [3.05, 3.63) is 59.6 Å². The van der Waals surface area contributed by atoms with Crippen molar-refractivity contribution in [1.82, 2.24) is 0 Å². The average Bonchev–Trinajstić information content (AvgIpc) is 3.11. The van der Waals surface area contributed by atoms with Gasteiger partial charge in [-0.2, -0.15) is 0 Å². The molecule has 5 rings (SSSR count). The van der Waals surface area contributed by atoms with Crippen LogP contribution >= 0.6 is 23.4 Å². The summed E-state index contributed by atoms with van der Waals surface area (Å²) < 4.78 is 11.4. The second-order valence-corrected chi connectivity index (χ2v) is 8.82. The average molecular weight is 453 g/mol. The van der Waals surface area contributed by atoms with Crippen LogP contribution in [0.1, 0.15) is 6.42 Å². The number of carbonyl (C=O) groups is 2. The van der Waals surface area contributed by atoms with Gasteiger partial charge in [-0.3, -0.25) is 9.59 Å². The van der Waals surface area contributed by atoms with Gasteiger partial charge in [0.25, 0.3) is 0 Å². The van der Waals surface area contributed by atoms with Crippen molar-refractivity contribution in [3.8, 4) is 5.75 Å². The quantitative estimate of drug-likeness (QED) is 0.415. The fourth-order valence-electron chi connectivity index (χ4n) is 3.64. The number of anilines is 2. The molecule has 1 aromatic heterocycles. The number of hydrogen-bond acceptors (Lipinski definition) is 5. The number of benzene rings is 3. The molecular weight excluding hydrogens is 436 g/mol. The maximum absolute atomic E-state index is 12.8. The topological polar surface area (TPSA) is 80.6 Å². The van der Waals surface area contributed by atoms with Crippen LogP contribution in [0.5, 0.6) is 5.75 Å². The van der Waals surface area contributed by atoms with Gasteiger partial charge in [0.05, 0.1) is 23.7 Å². The lowest BCUT2D eigenvalue weighted by molar-refractivity contribution is -0.120. The summed E-state index contributed by atoms with van der Waals surface area (Å²) in [6.07, 6.45) is 0.0138. The summed E-state index contributed by atoms with van der Waals surface area (Å²) >= 11 is 7.33. The van der Waals surface area contributed by atoms with Crippen LogP contribution in [-0.4, -0.2) is 24.2 Å². The van der Waals surface area contributed by atoms with Crippen molar-refractivity contribution in [3.63, 3.8) is 0 Å². The number of nitrogens with one attached hydrogen (secondary N) is 2. The van der Waals surface area contributed by atoms with E-state index in [-0.39, 0.29) is 18.2 Å². The Morgan fingerprint density at radius 3 is 2.84 bits per heavy atom. The molecule has 2 amide bonds. The summed E-state index contributed by atoms with van der Waals surface area (Å²) in [6, 6.07) is 16.6. The van der Waals surface area contributed by atoms with Crippen LogP contribution in [0.25, 0.3) is 21.9 Å². The van der Waals surface area contributed by atoms with E-state index in [0.717, 1.165) is 21.3 Å². The van der Waals surface area contributed by atoms with Crippen molar-refractivity contribution in [2.24, 2.45) is 0 Å². The number of fused-ring (bicyclic) bond motifs is 4. The highest BCUT2D eigenvalue weighted by Gasteiger charge is 2.29. The summed E-state index contributed by atoms with van der Waals surface area (Å²) in [7, 11) is 1.55. The fourth-order valence-corrected chi connectivity index (χ4v) is 4.91. The molecule has 0 saturated heterocycles. The molecule has 1 aliphatic rings. The van der Waals surface area contributed by atoms with Crippen molar-refractivity contribution < 1.29 is 18.7 Å². The van der Waals surface area contributed by atoms with E-state index in [1.165, 1.54) is 11.8 Å². The SMILES string of the molecule is COc1cc2c(cc1NC(=O)CC1Sc3ccc(Cl)cc3NC1=O)oc1ccccc12. The highest BCUT2D eigenvalue weighted by Crippen LogP contribution is 2.39. The van der Waals surface area contributed by atoms with Crippen LogP contribution in [0.15, 0.2) is 63.9 Å². The van der Waals surface area contributed by atoms with Crippen molar-refractivity contribution in [2.45, 2.75) is 16.6 Å². The van der Waals surface area contributed by atoms with Crippen LogP contribution in [0.3, 0.4) is 0 Å². The van der Waals surface area contributed by atoms with Gasteiger partial charge in [-0.05, 0) is 30.3 Å². The molecule has 0 aliphatic carbocycles. The Morgan fingerprint density at radius 2 is 2.00 bits per heavy atom. The second-order valence-electron chi connectivity index (χ2n) is 7.14. The fraction of sp³-hybridized carbons (Fsp3) is 0.130. The molecule has 6 nitrogen and oxygen atoms in total. The maximum Gasteiger partial charge on any atom is 0.238 e. The van der Waals surface area contributed by atoms with E-state index in [1.807, 2.05) is 36.4 Å². The summed E-state index contributed by atoms with van der Waals surface area (Å²) in [5, 5.41) is 7.56. The molecule has 1 unspecified atom stereocenters. The van der Waals surface area contributed by atoms with Gasteiger partial charge in [0.15, 0.2) is 0 Å². The molecule has 8 heteroatoms. The molecule has 0 radical (unpaired) electrons. The lowest BCUT2D eigenvalue weighted by atomic mass is 10.1. The van der Waals surface area contributed by atoms with Crippen LogP contribution in [0.4, 0.5) is 11.4 Å². The number of halogens is 1. The number of hydrogen-bond donors (Lipinski definition) is 2. The lowest BCUT2D eigenvalue weighted by Crippen LogP contribution is -2.32. The Hall–Kier alpha value is -3.16. The smallest absolute Gasteiger partial charge is 0.238 e. The number of carbonyl (C=O) groups excluding carboxylic acids is 2. The number of rotatable bonds is 4. The first-order chi connectivity index (χ1) is 15.0. The Kier molecular flexibility index (Phi) is 5.00. The third-order valence-corrected chi connectivity index (χ3v) is 6.62. The molecule has 4 aromatic rings. The predicted octanol–water partition coefficient (Wildman–Crippen LogP) is 5.69. The zero-order chi connectivity index (χ0) is 21.5. The third kappa shape index (κ3) is 3.71. The van der Waals surface area contributed by atoms with Crippen LogP contribution in [0.2, 0.25) is 5.02 Å². The molecule has 0 fully saturated rings. The van der Waals surface area contributed by atoms with Gasteiger partial charge in [-0.15, -0.1) is 11.8 Å². The molecule has 0 spiro atoms. The van der Waals surface area contributed by atoms with Crippen LogP contribution in [-0.2, 0) is 9.59 Å². The summed E-state index contributed by atoms with van der Waals surface area (Å²) in [5.74, 6) is 0.00146. The number of para-hydroxylation sites is 1. The second kappa shape index (κ2) is 7.83. The molecule has 2 heterocycles. The highest BCUT2D eigenvalue weighted by molar-refractivity contribution is 8.01. The molecule has 31 heavy (non-hydrogen) atoms. The molecule has 0 saturated carbocycles. The Morgan fingerprint density at radius 1 is 1.16 bits per heavy atom.